The van der Waals surface area contributed by atoms with E-state index in [0.717, 1.165) is 29.8 Å². The number of carbonyl (C=O) groups excluding carboxylic acids is 1. The van der Waals surface area contributed by atoms with Crippen molar-refractivity contribution in [2.45, 2.75) is 19.4 Å². The zero-order chi connectivity index (χ0) is 23.3. The fourth-order valence-corrected chi connectivity index (χ4v) is 4.08. The maximum absolute atomic E-state index is 12.2. The topological polar surface area (TPSA) is 67.2 Å². The highest BCUT2D eigenvalue weighted by Gasteiger charge is 2.24. The molecule has 0 aliphatic carbocycles. The molecule has 0 bridgehead atoms. The molecule has 2 aromatic carbocycles. The van der Waals surface area contributed by atoms with E-state index in [2.05, 4.69) is 18.1 Å². The molecule has 0 radical (unpaired) electrons. The number of nitrogens with zero attached hydrogens (tertiary/aromatic N) is 3. The lowest BCUT2D eigenvalue weighted by atomic mass is 9.94. The van der Waals surface area contributed by atoms with Crippen LogP contribution in [0.5, 0.6) is 11.5 Å². The number of phenolic OH excluding ortho intramolecular Hbond substituents is 2. The van der Waals surface area contributed by atoms with E-state index in [1.807, 2.05) is 41.3 Å². The Kier molecular flexibility index (Phi) is 7.59. The van der Waals surface area contributed by atoms with E-state index in [-0.39, 0.29) is 17.5 Å². The van der Waals surface area contributed by atoms with Crippen molar-refractivity contribution >= 4 is 6.03 Å². The molecule has 6 heteroatoms. The molecule has 0 saturated carbocycles. The van der Waals surface area contributed by atoms with Gasteiger partial charge in [0.1, 0.15) is 11.5 Å². The number of urea groups is 1. The van der Waals surface area contributed by atoms with E-state index in [9.17, 15) is 15.0 Å². The number of carbonyl (C=O) groups is 1. The normalized spacial score (nSPS) is 14.2. The summed E-state index contributed by atoms with van der Waals surface area (Å²) in [6.45, 7) is 11.0. The molecule has 1 saturated heterocycles. The first-order valence-electron chi connectivity index (χ1n) is 10.9. The Balaban J connectivity index is 1.89. The molecule has 1 heterocycles. The fraction of sp³-hybridized carbons (Fsp3) is 0.346. The number of phenols is 2. The summed E-state index contributed by atoms with van der Waals surface area (Å²) in [4.78, 5) is 17.9. The van der Waals surface area contributed by atoms with Crippen molar-refractivity contribution in [1.29, 1.82) is 0 Å². The zero-order valence-corrected chi connectivity index (χ0v) is 19.0. The first-order valence-corrected chi connectivity index (χ1v) is 10.9. The van der Waals surface area contributed by atoms with Crippen molar-refractivity contribution in [3.8, 4) is 22.6 Å². The van der Waals surface area contributed by atoms with Crippen LogP contribution >= 0.6 is 0 Å². The molecule has 0 unspecified atom stereocenters. The van der Waals surface area contributed by atoms with Crippen LogP contribution in [0.3, 0.4) is 0 Å². The second-order valence-electron chi connectivity index (χ2n) is 8.43. The number of aromatic hydroxyl groups is 2. The zero-order valence-electron chi connectivity index (χ0n) is 19.0. The van der Waals surface area contributed by atoms with Gasteiger partial charge in [-0.15, -0.1) is 13.2 Å². The predicted molar refractivity (Wildman–Crippen MR) is 129 cm³/mol. The van der Waals surface area contributed by atoms with Gasteiger partial charge in [-0.2, -0.15) is 0 Å². The summed E-state index contributed by atoms with van der Waals surface area (Å²) >= 11 is 0. The number of amides is 2. The van der Waals surface area contributed by atoms with Gasteiger partial charge in [-0.25, -0.2) is 4.79 Å². The number of hydrogen-bond acceptors (Lipinski definition) is 4. The highest BCUT2D eigenvalue weighted by atomic mass is 16.3. The predicted octanol–water partition coefficient (Wildman–Crippen LogP) is 4.02. The molecule has 32 heavy (non-hydrogen) atoms. The number of allylic oxidation sites excluding steroid dienone is 2. The minimum atomic E-state index is 0.0256. The molecular weight excluding hydrogens is 402 g/mol. The summed E-state index contributed by atoms with van der Waals surface area (Å²) < 4.78 is 0. The van der Waals surface area contributed by atoms with Crippen LogP contribution in [0, 0.1) is 0 Å². The van der Waals surface area contributed by atoms with Crippen LogP contribution in [0.2, 0.25) is 0 Å². The Bertz CT molecular complexity index is 992. The van der Waals surface area contributed by atoms with Crippen molar-refractivity contribution in [2.75, 3.05) is 40.3 Å². The molecule has 1 fully saturated rings. The van der Waals surface area contributed by atoms with Crippen molar-refractivity contribution in [1.82, 2.24) is 14.7 Å². The van der Waals surface area contributed by atoms with Crippen LogP contribution in [0.25, 0.3) is 11.1 Å². The van der Waals surface area contributed by atoms with Crippen molar-refractivity contribution in [3.05, 3.63) is 72.3 Å². The van der Waals surface area contributed by atoms with Gasteiger partial charge in [0.15, 0.2) is 0 Å². The van der Waals surface area contributed by atoms with E-state index in [4.69, 9.17) is 0 Å². The first kappa shape index (κ1) is 23.4. The molecule has 2 N–H and O–H groups in total. The highest BCUT2D eigenvalue weighted by Crippen LogP contribution is 2.39. The van der Waals surface area contributed by atoms with Gasteiger partial charge < -0.3 is 20.0 Å². The van der Waals surface area contributed by atoms with Gasteiger partial charge in [0.2, 0.25) is 0 Å². The molecule has 0 aromatic heterocycles. The summed E-state index contributed by atoms with van der Waals surface area (Å²) in [6, 6.07) is 9.37. The molecule has 2 aromatic rings. The maximum atomic E-state index is 12.2. The summed E-state index contributed by atoms with van der Waals surface area (Å²) in [7, 11) is 3.53. The largest absolute Gasteiger partial charge is 0.507 e. The molecular formula is C26H33N3O3. The Morgan fingerprint density at radius 3 is 2.22 bits per heavy atom. The SMILES string of the molecule is C=CCc1ccc(O)c(-c2cc(CC=C)cc(CN3CCN(C(=O)N(C)C)CC3)c2O)c1. The summed E-state index contributed by atoms with van der Waals surface area (Å²) in [5, 5.41) is 21.7. The van der Waals surface area contributed by atoms with Gasteiger partial charge in [-0.3, -0.25) is 4.90 Å². The maximum Gasteiger partial charge on any atom is 0.319 e. The second kappa shape index (κ2) is 10.4. The third-order valence-corrected chi connectivity index (χ3v) is 5.78. The van der Waals surface area contributed by atoms with Crippen LogP contribution in [-0.4, -0.2) is 71.2 Å². The summed E-state index contributed by atoms with van der Waals surface area (Å²) in [6.07, 6.45) is 5.00. The quantitative estimate of drug-likeness (QED) is 0.645. The van der Waals surface area contributed by atoms with E-state index in [1.54, 1.807) is 25.1 Å². The van der Waals surface area contributed by atoms with Crippen LogP contribution in [0.1, 0.15) is 16.7 Å². The lowest BCUT2D eigenvalue weighted by molar-refractivity contribution is 0.119. The van der Waals surface area contributed by atoms with Gasteiger partial charge in [0.25, 0.3) is 0 Å². The summed E-state index contributed by atoms with van der Waals surface area (Å²) in [5.74, 6) is 0.307. The van der Waals surface area contributed by atoms with Crippen molar-refractivity contribution in [3.63, 3.8) is 0 Å². The molecule has 0 spiro atoms. The van der Waals surface area contributed by atoms with E-state index in [1.165, 1.54) is 0 Å². The number of piperazine rings is 1. The standard InChI is InChI=1S/C26H33N3O3/c1-5-7-19-9-10-24(30)22(16-19)23-17-20(8-6-2)15-21(25(23)31)18-28-11-13-29(14-12-28)26(32)27(3)4/h5-6,9-10,15-17,30-31H,1-2,7-8,11-14,18H2,3-4H3. The minimum Gasteiger partial charge on any atom is -0.507 e. The van der Waals surface area contributed by atoms with Crippen molar-refractivity contribution < 1.29 is 15.0 Å². The third kappa shape index (κ3) is 5.32. The smallest absolute Gasteiger partial charge is 0.319 e. The van der Waals surface area contributed by atoms with Gasteiger partial charge in [0, 0.05) is 63.5 Å². The Morgan fingerprint density at radius 2 is 1.59 bits per heavy atom. The Hall–Kier alpha value is -3.25. The van der Waals surface area contributed by atoms with Crippen LogP contribution in [0.15, 0.2) is 55.6 Å². The van der Waals surface area contributed by atoms with E-state index < -0.39 is 0 Å². The first-order chi connectivity index (χ1) is 15.3. The summed E-state index contributed by atoms with van der Waals surface area (Å²) in [5.41, 5.74) is 4.07. The molecule has 6 nitrogen and oxygen atoms in total. The average molecular weight is 436 g/mol. The number of benzene rings is 2. The highest BCUT2D eigenvalue weighted by molar-refractivity contribution is 5.78. The van der Waals surface area contributed by atoms with Crippen LogP contribution < -0.4 is 0 Å². The molecule has 170 valence electrons. The molecule has 2 amide bonds. The molecule has 1 aliphatic heterocycles. The van der Waals surface area contributed by atoms with E-state index >= 15 is 0 Å². The molecule has 3 rings (SSSR count). The van der Waals surface area contributed by atoms with Gasteiger partial charge in [-0.05, 0) is 42.2 Å². The molecule has 1 aliphatic rings. The number of hydrogen-bond donors (Lipinski definition) is 2. The lowest BCUT2D eigenvalue weighted by Crippen LogP contribution is -2.51. The lowest BCUT2D eigenvalue weighted by Gasteiger charge is -2.36. The second-order valence-corrected chi connectivity index (χ2v) is 8.43. The van der Waals surface area contributed by atoms with Gasteiger partial charge in [-0.1, -0.05) is 24.3 Å². The van der Waals surface area contributed by atoms with Crippen molar-refractivity contribution in [2.24, 2.45) is 0 Å². The minimum absolute atomic E-state index is 0.0256. The monoisotopic (exact) mass is 435 g/mol. The third-order valence-electron chi connectivity index (χ3n) is 5.78. The Morgan fingerprint density at radius 1 is 0.969 bits per heavy atom. The van der Waals surface area contributed by atoms with Gasteiger partial charge >= 0.3 is 6.03 Å². The van der Waals surface area contributed by atoms with Crippen LogP contribution in [0.4, 0.5) is 4.79 Å². The molecule has 0 atom stereocenters. The van der Waals surface area contributed by atoms with E-state index in [0.29, 0.717) is 43.6 Å². The van der Waals surface area contributed by atoms with Gasteiger partial charge in [0.05, 0.1) is 0 Å². The average Bonchev–Trinajstić information content (AvgIpc) is 2.77. The van der Waals surface area contributed by atoms with Crippen LogP contribution in [-0.2, 0) is 19.4 Å². The fourth-order valence-electron chi connectivity index (χ4n) is 4.08. The number of rotatable bonds is 7. The Labute approximate surface area is 190 Å².